The summed E-state index contributed by atoms with van der Waals surface area (Å²) >= 11 is 0. The number of amides is 1. The number of nitrogens with one attached hydrogen (secondary N) is 1. The Labute approximate surface area is 139 Å². The number of para-hydroxylation sites is 1. The molecule has 5 nitrogen and oxygen atoms in total. The lowest BCUT2D eigenvalue weighted by Crippen LogP contribution is -2.46. The summed E-state index contributed by atoms with van der Waals surface area (Å²) in [7, 11) is 0. The molecule has 1 unspecified atom stereocenters. The molecule has 1 aromatic heterocycles. The van der Waals surface area contributed by atoms with Gasteiger partial charge in [0.25, 0.3) is 5.91 Å². The third-order valence-corrected chi connectivity index (χ3v) is 4.50. The zero-order chi connectivity index (χ0) is 16.7. The molecule has 120 valence electrons. The third-order valence-electron chi connectivity index (χ3n) is 4.50. The van der Waals surface area contributed by atoms with Crippen molar-refractivity contribution in [1.82, 2.24) is 9.97 Å². The highest BCUT2D eigenvalue weighted by molar-refractivity contribution is 6.12. The lowest BCUT2D eigenvalue weighted by molar-refractivity contribution is 0.0651. The minimum absolute atomic E-state index is 0.231. The molecular formula is C19H17N3O2. The van der Waals surface area contributed by atoms with Gasteiger partial charge in [-0.15, -0.1) is 0 Å². The zero-order valence-electron chi connectivity index (χ0n) is 13.2. The minimum atomic E-state index is -1.65. The van der Waals surface area contributed by atoms with E-state index in [1.807, 2.05) is 37.3 Å². The van der Waals surface area contributed by atoms with Gasteiger partial charge in [-0.05, 0) is 24.1 Å². The number of hydrogen-bond acceptors (Lipinski definition) is 3. The summed E-state index contributed by atoms with van der Waals surface area (Å²) in [6.45, 7) is 2.03. The average Bonchev–Trinajstić information content (AvgIpc) is 3.23. The number of anilines is 1. The van der Waals surface area contributed by atoms with E-state index >= 15 is 0 Å². The Morgan fingerprint density at radius 1 is 1.17 bits per heavy atom. The van der Waals surface area contributed by atoms with Gasteiger partial charge in [0, 0.05) is 23.5 Å². The van der Waals surface area contributed by atoms with Gasteiger partial charge in [0.1, 0.15) is 0 Å². The number of carbonyl (C=O) groups excluding carboxylic acids is 1. The van der Waals surface area contributed by atoms with Gasteiger partial charge in [-0.2, -0.15) is 0 Å². The van der Waals surface area contributed by atoms with Crippen molar-refractivity contribution in [2.45, 2.75) is 19.1 Å². The van der Waals surface area contributed by atoms with E-state index in [0.29, 0.717) is 22.6 Å². The number of hydrogen-bond donors (Lipinski definition) is 2. The number of aryl methyl sites for hydroxylation is 1. The van der Waals surface area contributed by atoms with E-state index in [2.05, 4.69) is 9.97 Å². The van der Waals surface area contributed by atoms with Crippen molar-refractivity contribution in [3.05, 3.63) is 83.4 Å². The van der Waals surface area contributed by atoms with Crippen LogP contribution in [0.3, 0.4) is 0 Å². The largest absolute Gasteiger partial charge is 0.360 e. The summed E-state index contributed by atoms with van der Waals surface area (Å²) in [5.41, 5.74) is 1.06. The zero-order valence-corrected chi connectivity index (χ0v) is 13.2. The maximum atomic E-state index is 13.1. The van der Waals surface area contributed by atoms with Crippen molar-refractivity contribution in [3.63, 3.8) is 0 Å². The van der Waals surface area contributed by atoms with Crippen LogP contribution in [-0.4, -0.2) is 21.0 Å². The molecule has 2 aromatic carbocycles. The summed E-state index contributed by atoms with van der Waals surface area (Å²) in [6.07, 6.45) is 3.97. The molecule has 2 N–H and O–H groups in total. The maximum Gasteiger partial charge on any atom is 0.261 e. The van der Waals surface area contributed by atoms with Crippen LogP contribution >= 0.6 is 0 Å². The van der Waals surface area contributed by atoms with Crippen molar-refractivity contribution in [3.8, 4) is 0 Å². The van der Waals surface area contributed by atoms with Gasteiger partial charge < -0.3 is 10.1 Å². The van der Waals surface area contributed by atoms with Crippen molar-refractivity contribution >= 4 is 11.6 Å². The fourth-order valence-corrected chi connectivity index (χ4v) is 3.36. The van der Waals surface area contributed by atoms with Crippen molar-refractivity contribution in [2.75, 3.05) is 4.90 Å². The first kappa shape index (κ1) is 14.7. The van der Waals surface area contributed by atoms with Gasteiger partial charge >= 0.3 is 0 Å². The molecule has 5 heteroatoms. The fraction of sp³-hybridized carbons (Fsp3) is 0.158. The number of aromatic nitrogens is 2. The lowest BCUT2D eigenvalue weighted by Gasteiger charge is -2.33. The Kier molecular flexibility index (Phi) is 3.25. The summed E-state index contributed by atoms with van der Waals surface area (Å²) in [5.74, 6) is 0.0945. The molecule has 2 heterocycles. The number of H-pyrrole nitrogens is 1. The number of fused-ring (bicyclic) bond motifs is 1. The molecule has 1 aliphatic heterocycles. The third kappa shape index (κ3) is 1.85. The smallest absolute Gasteiger partial charge is 0.261 e. The molecule has 0 saturated heterocycles. The normalized spacial score (nSPS) is 19.6. The molecule has 1 amide bonds. The highest BCUT2D eigenvalue weighted by Gasteiger charge is 2.52. The molecule has 3 aromatic rings. The Bertz CT molecular complexity index is 904. The number of carbonyl (C=O) groups is 1. The van der Waals surface area contributed by atoms with E-state index in [0.717, 1.165) is 12.0 Å². The fourth-order valence-electron chi connectivity index (χ4n) is 3.36. The Morgan fingerprint density at radius 2 is 1.92 bits per heavy atom. The van der Waals surface area contributed by atoms with Crippen LogP contribution in [-0.2, 0) is 12.1 Å². The van der Waals surface area contributed by atoms with Gasteiger partial charge in [0.05, 0.1) is 5.69 Å². The van der Waals surface area contributed by atoms with Gasteiger partial charge in [-0.25, -0.2) is 4.98 Å². The number of aromatic amines is 1. The second kappa shape index (κ2) is 5.32. The number of rotatable bonds is 3. The van der Waals surface area contributed by atoms with Gasteiger partial charge in [-0.3, -0.25) is 9.69 Å². The number of benzene rings is 2. The van der Waals surface area contributed by atoms with Crippen LogP contribution in [0.2, 0.25) is 0 Å². The second-order valence-corrected chi connectivity index (χ2v) is 5.78. The molecule has 0 spiro atoms. The molecule has 0 radical (unpaired) electrons. The van der Waals surface area contributed by atoms with Crippen LogP contribution in [0.1, 0.15) is 34.2 Å². The van der Waals surface area contributed by atoms with Crippen LogP contribution < -0.4 is 4.90 Å². The van der Waals surface area contributed by atoms with E-state index in [4.69, 9.17) is 0 Å². The summed E-state index contributed by atoms with van der Waals surface area (Å²) in [5, 5.41) is 11.6. The molecule has 1 aliphatic rings. The van der Waals surface area contributed by atoms with Crippen LogP contribution in [0.25, 0.3) is 0 Å². The van der Waals surface area contributed by atoms with Crippen molar-refractivity contribution in [2.24, 2.45) is 0 Å². The Morgan fingerprint density at radius 3 is 2.67 bits per heavy atom. The number of nitrogens with zero attached hydrogens (tertiary/aromatic N) is 2. The molecule has 0 fully saturated rings. The second-order valence-electron chi connectivity index (χ2n) is 5.78. The summed E-state index contributed by atoms with van der Waals surface area (Å²) in [4.78, 5) is 21.7. The SMILES string of the molecule is CCc1ccccc1N1C(=O)c2ccccc2C1(O)c1ncc[nH]1. The average molecular weight is 319 g/mol. The van der Waals surface area contributed by atoms with E-state index in [1.165, 1.54) is 4.90 Å². The molecule has 0 saturated carbocycles. The topological polar surface area (TPSA) is 69.2 Å². The number of aliphatic hydroxyl groups is 1. The first-order valence-corrected chi connectivity index (χ1v) is 7.92. The lowest BCUT2D eigenvalue weighted by atomic mass is 10.00. The predicted molar refractivity (Wildman–Crippen MR) is 90.7 cm³/mol. The Hall–Kier alpha value is -2.92. The van der Waals surface area contributed by atoms with E-state index < -0.39 is 5.72 Å². The highest BCUT2D eigenvalue weighted by Crippen LogP contribution is 2.44. The van der Waals surface area contributed by atoms with Crippen LogP contribution in [0, 0.1) is 0 Å². The van der Waals surface area contributed by atoms with E-state index in [9.17, 15) is 9.90 Å². The predicted octanol–water partition coefficient (Wildman–Crippen LogP) is 2.83. The first-order valence-electron chi connectivity index (χ1n) is 7.92. The van der Waals surface area contributed by atoms with Gasteiger partial charge in [-0.1, -0.05) is 43.3 Å². The molecule has 1 atom stereocenters. The number of imidazole rings is 1. The van der Waals surface area contributed by atoms with Gasteiger partial charge in [0.15, 0.2) is 5.82 Å². The molecule has 4 rings (SSSR count). The molecule has 0 aliphatic carbocycles. The first-order chi connectivity index (χ1) is 11.7. The maximum absolute atomic E-state index is 13.1. The van der Waals surface area contributed by atoms with Gasteiger partial charge in [0.2, 0.25) is 5.72 Å². The van der Waals surface area contributed by atoms with E-state index in [-0.39, 0.29) is 5.91 Å². The van der Waals surface area contributed by atoms with Crippen LogP contribution in [0.4, 0.5) is 5.69 Å². The minimum Gasteiger partial charge on any atom is -0.360 e. The quantitative estimate of drug-likeness (QED) is 0.780. The molecule has 24 heavy (non-hydrogen) atoms. The molecular weight excluding hydrogens is 302 g/mol. The van der Waals surface area contributed by atoms with E-state index in [1.54, 1.807) is 30.6 Å². The Balaban J connectivity index is 2.01. The van der Waals surface area contributed by atoms with Crippen LogP contribution in [0.5, 0.6) is 0 Å². The van der Waals surface area contributed by atoms with Crippen molar-refractivity contribution in [1.29, 1.82) is 0 Å². The summed E-state index contributed by atoms with van der Waals surface area (Å²) < 4.78 is 0. The van der Waals surface area contributed by atoms with Crippen LogP contribution in [0.15, 0.2) is 60.9 Å². The van der Waals surface area contributed by atoms with Crippen molar-refractivity contribution < 1.29 is 9.90 Å². The standard InChI is InChI=1S/C19H17N3O2/c1-2-13-7-3-6-10-16(13)22-17(23)14-8-4-5-9-15(14)19(22,24)18-20-11-12-21-18/h3-12,24H,2H2,1H3,(H,20,21). The highest BCUT2D eigenvalue weighted by atomic mass is 16.3. The summed E-state index contributed by atoms with van der Waals surface area (Å²) in [6, 6.07) is 14.7. The molecule has 0 bridgehead atoms. The monoisotopic (exact) mass is 319 g/mol.